The fourth-order valence-corrected chi connectivity index (χ4v) is 2.45. The van der Waals surface area contributed by atoms with Gasteiger partial charge in [-0.3, -0.25) is 9.79 Å². The monoisotopic (exact) mass is 275 g/mol. The molecule has 0 spiro atoms. The normalized spacial score (nSPS) is 26.2. The second-order valence-electron chi connectivity index (χ2n) is 5.29. The SMILES string of the molecule is COC(=O)C1(C)COCCC1=N[C@H](C)c1ccccc1. The van der Waals surface area contributed by atoms with Crippen molar-refractivity contribution in [1.29, 1.82) is 0 Å². The number of rotatable bonds is 3. The summed E-state index contributed by atoms with van der Waals surface area (Å²) in [5.74, 6) is -0.281. The number of carbonyl (C=O) groups excluding carboxylic acids is 1. The van der Waals surface area contributed by atoms with Gasteiger partial charge in [0, 0.05) is 12.1 Å². The van der Waals surface area contributed by atoms with E-state index in [9.17, 15) is 4.79 Å². The molecule has 0 aliphatic carbocycles. The zero-order chi connectivity index (χ0) is 14.6. The summed E-state index contributed by atoms with van der Waals surface area (Å²) >= 11 is 0. The molecule has 1 aliphatic rings. The molecule has 0 saturated carbocycles. The van der Waals surface area contributed by atoms with Crippen LogP contribution in [0.5, 0.6) is 0 Å². The number of hydrogen-bond acceptors (Lipinski definition) is 4. The summed E-state index contributed by atoms with van der Waals surface area (Å²) in [6.45, 7) is 4.82. The van der Waals surface area contributed by atoms with Crippen LogP contribution >= 0.6 is 0 Å². The number of esters is 1. The highest BCUT2D eigenvalue weighted by molar-refractivity contribution is 6.07. The molecule has 0 aromatic heterocycles. The number of ether oxygens (including phenoxy) is 2. The van der Waals surface area contributed by atoms with Crippen molar-refractivity contribution in [3.8, 4) is 0 Å². The maximum Gasteiger partial charge on any atom is 0.319 e. The molecule has 20 heavy (non-hydrogen) atoms. The van der Waals surface area contributed by atoms with E-state index in [0.29, 0.717) is 19.6 Å². The van der Waals surface area contributed by atoms with Crippen LogP contribution in [0.2, 0.25) is 0 Å². The Morgan fingerprint density at radius 1 is 1.40 bits per heavy atom. The van der Waals surface area contributed by atoms with E-state index in [2.05, 4.69) is 0 Å². The summed E-state index contributed by atoms with van der Waals surface area (Å²) in [6.07, 6.45) is 0.669. The molecule has 1 heterocycles. The number of nitrogens with zero attached hydrogens (tertiary/aromatic N) is 1. The number of hydrogen-bond donors (Lipinski definition) is 0. The highest BCUT2D eigenvalue weighted by Crippen LogP contribution is 2.30. The average Bonchev–Trinajstić information content (AvgIpc) is 2.49. The van der Waals surface area contributed by atoms with Gasteiger partial charge in [0.05, 0.1) is 26.4 Å². The molecule has 108 valence electrons. The van der Waals surface area contributed by atoms with Crippen molar-refractivity contribution in [3.63, 3.8) is 0 Å². The average molecular weight is 275 g/mol. The van der Waals surface area contributed by atoms with Crippen molar-refractivity contribution in [1.82, 2.24) is 0 Å². The van der Waals surface area contributed by atoms with Gasteiger partial charge in [-0.15, -0.1) is 0 Å². The Balaban J connectivity index is 2.28. The van der Waals surface area contributed by atoms with Gasteiger partial charge in [0.15, 0.2) is 0 Å². The minimum Gasteiger partial charge on any atom is -0.468 e. The van der Waals surface area contributed by atoms with E-state index in [-0.39, 0.29) is 12.0 Å². The third kappa shape index (κ3) is 2.90. The Morgan fingerprint density at radius 3 is 2.75 bits per heavy atom. The third-order valence-electron chi connectivity index (χ3n) is 3.78. The van der Waals surface area contributed by atoms with E-state index in [1.54, 1.807) is 0 Å². The van der Waals surface area contributed by atoms with Gasteiger partial charge in [0.1, 0.15) is 5.41 Å². The first-order chi connectivity index (χ1) is 9.58. The van der Waals surface area contributed by atoms with E-state index in [1.807, 2.05) is 44.2 Å². The Morgan fingerprint density at radius 2 is 2.10 bits per heavy atom. The van der Waals surface area contributed by atoms with Gasteiger partial charge in [-0.1, -0.05) is 30.3 Å². The molecule has 1 aromatic rings. The summed E-state index contributed by atoms with van der Waals surface area (Å²) < 4.78 is 10.4. The lowest BCUT2D eigenvalue weighted by atomic mass is 9.82. The van der Waals surface area contributed by atoms with Crippen LogP contribution in [0.1, 0.15) is 31.9 Å². The predicted molar refractivity (Wildman–Crippen MR) is 77.9 cm³/mol. The molecule has 1 aliphatic heterocycles. The van der Waals surface area contributed by atoms with Crippen LogP contribution in [0.4, 0.5) is 0 Å². The predicted octanol–water partition coefficient (Wildman–Crippen LogP) is 2.79. The van der Waals surface area contributed by atoms with E-state index in [0.717, 1.165) is 11.3 Å². The lowest BCUT2D eigenvalue weighted by Gasteiger charge is -2.33. The van der Waals surface area contributed by atoms with Crippen molar-refractivity contribution in [2.45, 2.75) is 26.3 Å². The Bertz CT molecular complexity index is 498. The van der Waals surface area contributed by atoms with E-state index in [4.69, 9.17) is 14.5 Å². The Labute approximate surface area is 119 Å². The van der Waals surface area contributed by atoms with Crippen molar-refractivity contribution in [2.24, 2.45) is 10.4 Å². The van der Waals surface area contributed by atoms with Crippen LogP contribution in [0.15, 0.2) is 35.3 Å². The molecule has 0 bridgehead atoms. The standard InChI is InChI=1S/C16H21NO3/c1-12(13-7-5-4-6-8-13)17-14-9-10-20-11-16(14,2)15(18)19-3/h4-8,12H,9-11H2,1-3H3/t12-,16?/m1/s1. The summed E-state index contributed by atoms with van der Waals surface area (Å²) in [5, 5.41) is 0. The minimum atomic E-state index is -0.768. The maximum atomic E-state index is 12.0. The molecule has 2 atom stereocenters. The topological polar surface area (TPSA) is 47.9 Å². The van der Waals surface area contributed by atoms with Gasteiger partial charge >= 0.3 is 5.97 Å². The maximum absolute atomic E-state index is 12.0. The van der Waals surface area contributed by atoms with Crippen LogP contribution in [-0.2, 0) is 14.3 Å². The third-order valence-corrected chi connectivity index (χ3v) is 3.78. The first kappa shape index (κ1) is 14.7. The number of aliphatic imine (C=N–C) groups is 1. The molecule has 2 rings (SSSR count). The summed E-state index contributed by atoms with van der Waals surface area (Å²) in [7, 11) is 1.40. The van der Waals surface area contributed by atoms with Crippen molar-refractivity contribution < 1.29 is 14.3 Å². The zero-order valence-electron chi connectivity index (χ0n) is 12.3. The number of carbonyl (C=O) groups is 1. The lowest BCUT2D eigenvalue weighted by molar-refractivity contribution is -0.151. The van der Waals surface area contributed by atoms with Gasteiger partial charge in [-0.2, -0.15) is 0 Å². The minimum absolute atomic E-state index is 0.0216. The molecule has 1 aromatic carbocycles. The quantitative estimate of drug-likeness (QED) is 0.797. The fourth-order valence-electron chi connectivity index (χ4n) is 2.45. The molecule has 0 N–H and O–H groups in total. The molecule has 1 unspecified atom stereocenters. The second-order valence-corrected chi connectivity index (χ2v) is 5.29. The van der Waals surface area contributed by atoms with Crippen molar-refractivity contribution in [2.75, 3.05) is 20.3 Å². The molecule has 1 saturated heterocycles. The molecule has 0 amide bonds. The lowest BCUT2D eigenvalue weighted by Crippen LogP contribution is -2.45. The zero-order valence-corrected chi connectivity index (χ0v) is 12.3. The molecular weight excluding hydrogens is 254 g/mol. The fraction of sp³-hybridized carbons (Fsp3) is 0.500. The molecular formula is C16H21NO3. The van der Waals surface area contributed by atoms with Crippen molar-refractivity contribution >= 4 is 11.7 Å². The summed E-state index contributed by atoms with van der Waals surface area (Å²) in [6, 6.07) is 10.1. The van der Waals surface area contributed by atoms with Crippen LogP contribution in [0, 0.1) is 5.41 Å². The first-order valence-corrected chi connectivity index (χ1v) is 6.86. The van der Waals surface area contributed by atoms with E-state index >= 15 is 0 Å². The molecule has 4 heteroatoms. The van der Waals surface area contributed by atoms with Crippen LogP contribution in [-0.4, -0.2) is 32.0 Å². The van der Waals surface area contributed by atoms with Gasteiger partial charge in [-0.05, 0) is 19.4 Å². The van der Waals surface area contributed by atoms with Gasteiger partial charge in [0.2, 0.25) is 0 Å². The second kappa shape index (κ2) is 6.18. The number of methoxy groups -OCH3 is 1. The van der Waals surface area contributed by atoms with Gasteiger partial charge in [0.25, 0.3) is 0 Å². The molecule has 1 fully saturated rings. The highest BCUT2D eigenvalue weighted by Gasteiger charge is 2.42. The smallest absolute Gasteiger partial charge is 0.319 e. The number of benzene rings is 1. The Hall–Kier alpha value is -1.68. The highest BCUT2D eigenvalue weighted by atomic mass is 16.5. The van der Waals surface area contributed by atoms with Gasteiger partial charge < -0.3 is 9.47 Å². The summed E-state index contributed by atoms with van der Waals surface area (Å²) in [5.41, 5.74) is 1.24. The largest absolute Gasteiger partial charge is 0.468 e. The van der Waals surface area contributed by atoms with E-state index < -0.39 is 5.41 Å². The Kier molecular flexibility index (Phi) is 4.55. The van der Waals surface area contributed by atoms with Crippen LogP contribution in [0.25, 0.3) is 0 Å². The summed E-state index contributed by atoms with van der Waals surface area (Å²) in [4.78, 5) is 16.8. The molecule has 4 nitrogen and oxygen atoms in total. The van der Waals surface area contributed by atoms with Gasteiger partial charge in [-0.25, -0.2) is 0 Å². The first-order valence-electron chi connectivity index (χ1n) is 6.86. The van der Waals surface area contributed by atoms with Crippen LogP contribution < -0.4 is 0 Å². The van der Waals surface area contributed by atoms with E-state index in [1.165, 1.54) is 7.11 Å². The molecule has 0 radical (unpaired) electrons. The van der Waals surface area contributed by atoms with Crippen LogP contribution in [0.3, 0.4) is 0 Å². The van der Waals surface area contributed by atoms with Crippen molar-refractivity contribution in [3.05, 3.63) is 35.9 Å².